The molecule has 0 radical (unpaired) electrons. The molecule has 0 aliphatic heterocycles. The van der Waals surface area contributed by atoms with Crippen LogP contribution in [0.1, 0.15) is 0 Å². The lowest BCUT2D eigenvalue weighted by molar-refractivity contribution is 1.14. The van der Waals surface area contributed by atoms with E-state index in [1.807, 2.05) is 12.1 Å². The summed E-state index contributed by atoms with van der Waals surface area (Å²) >= 11 is 3.30. The molecular weight excluding hydrogens is 206 g/mol. The van der Waals surface area contributed by atoms with Gasteiger partial charge in [0.15, 0.2) is 0 Å². The van der Waals surface area contributed by atoms with Crippen molar-refractivity contribution >= 4 is 27.3 Å². The molecule has 0 atom stereocenters. The molecular formula is C7H8BrN3. The molecule has 1 aromatic carbocycles. The van der Waals surface area contributed by atoms with Gasteiger partial charge in [-0.25, -0.2) is 5.53 Å². The van der Waals surface area contributed by atoms with Gasteiger partial charge >= 0.3 is 0 Å². The van der Waals surface area contributed by atoms with E-state index in [0.29, 0.717) is 5.69 Å². The van der Waals surface area contributed by atoms with Crippen LogP contribution in [0.15, 0.2) is 27.8 Å². The molecule has 0 amide bonds. The first kappa shape index (κ1) is 8.20. The van der Waals surface area contributed by atoms with Gasteiger partial charge in [0.2, 0.25) is 0 Å². The molecule has 1 aromatic rings. The Balaban J connectivity index is 3.16. The van der Waals surface area contributed by atoms with E-state index >= 15 is 0 Å². The summed E-state index contributed by atoms with van der Waals surface area (Å²) in [6.45, 7) is 0. The van der Waals surface area contributed by atoms with E-state index in [4.69, 9.17) is 5.53 Å². The summed E-state index contributed by atoms with van der Waals surface area (Å²) in [7, 11) is 1.80. The molecule has 0 saturated carbocycles. The average molecular weight is 214 g/mol. The number of hydrogen-bond acceptors (Lipinski definition) is 3. The van der Waals surface area contributed by atoms with Gasteiger partial charge < -0.3 is 5.32 Å². The first-order valence-corrected chi connectivity index (χ1v) is 3.92. The quantitative estimate of drug-likeness (QED) is 0.729. The van der Waals surface area contributed by atoms with Gasteiger partial charge in [-0.05, 0) is 18.2 Å². The monoisotopic (exact) mass is 213 g/mol. The third-order valence-corrected chi connectivity index (χ3v) is 1.84. The van der Waals surface area contributed by atoms with Crippen LogP contribution in [0.4, 0.5) is 11.4 Å². The second-order valence-electron chi connectivity index (χ2n) is 2.02. The Labute approximate surface area is 73.5 Å². The third kappa shape index (κ3) is 1.77. The highest BCUT2D eigenvalue weighted by Gasteiger charge is 1.98. The topological polar surface area (TPSA) is 48.2 Å². The zero-order valence-electron chi connectivity index (χ0n) is 6.06. The maximum atomic E-state index is 6.85. The van der Waals surface area contributed by atoms with Gasteiger partial charge in [0, 0.05) is 11.5 Å². The Morgan fingerprint density at radius 2 is 2.27 bits per heavy atom. The molecule has 0 spiro atoms. The molecule has 4 heteroatoms. The molecule has 11 heavy (non-hydrogen) atoms. The molecule has 3 nitrogen and oxygen atoms in total. The first-order chi connectivity index (χ1) is 5.27. The molecule has 0 aliphatic carbocycles. The summed E-state index contributed by atoms with van der Waals surface area (Å²) in [5.74, 6) is 0. The molecule has 0 fully saturated rings. The van der Waals surface area contributed by atoms with Crippen molar-refractivity contribution < 1.29 is 0 Å². The van der Waals surface area contributed by atoms with Crippen LogP contribution in [0, 0.1) is 5.53 Å². The lowest BCUT2D eigenvalue weighted by atomic mass is 10.3. The third-order valence-electron chi connectivity index (χ3n) is 1.35. The standard InChI is InChI=1S/C7H8BrN3/c1-10-6-3-2-5(8)4-7(6)11-9/h2-4,9-10H,1H3. The zero-order valence-corrected chi connectivity index (χ0v) is 7.64. The lowest BCUT2D eigenvalue weighted by Crippen LogP contribution is -1.87. The maximum Gasteiger partial charge on any atom is 0.109 e. The van der Waals surface area contributed by atoms with Crippen LogP contribution in [0.2, 0.25) is 0 Å². The van der Waals surface area contributed by atoms with Crippen LogP contribution in [0.3, 0.4) is 0 Å². The number of halogens is 1. The smallest absolute Gasteiger partial charge is 0.109 e. The summed E-state index contributed by atoms with van der Waals surface area (Å²) in [5.41, 5.74) is 8.35. The predicted molar refractivity (Wildman–Crippen MR) is 48.5 cm³/mol. The van der Waals surface area contributed by atoms with Gasteiger partial charge in [0.1, 0.15) is 5.69 Å². The number of nitrogens with zero attached hydrogens (tertiary/aromatic N) is 1. The van der Waals surface area contributed by atoms with Gasteiger partial charge in [-0.2, -0.15) is 5.11 Å². The Morgan fingerprint density at radius 3 is 2.82 bits per heavy atom. The zero-order chi connectivity index (χ0) is 8.27. The number of rotatable bonds is 2. The molecule has 0 saturated heterocycles. The minimum atomic E-state index is 0.641. The summed E-state index contributed by atoms with van der Waals surface area (Å²) in [6.07, 6.45) is 0. The first-order valence-electron chi connectivity index (χ1n) is 3.12. The molecule has 0 unspecified atom stereocenters. The molecule has 58 valence electrons. The van der Waals surface area contributed by atoms with E-state index in [-0.39, 0.29) is 0 Å². The Bertz CT molecular complexity index is 272. The number of hydrogen-bond donors (Lipinski definition) is 2. The van der Waals surface area contributed by atoms with Gasteiger partial charge in [-0.1, -0.05) is 15.9 Å². The van der Waals surface area contributed by atoms with E-state index in [9.17, 15) is 0 Å². The Morgan fingerprint density at radius 1 is 1.55 bits per heavy atom. The van der Waals surface area contributed by atoms with Gasteiger partial charge in [-0.3, -0.25) is 0 Å². The highest BCUT2D eigenvalue weighted by Crippen LogP contribution is 2.27. The summed E-state index contributed by atoms with van der Waals surface area (Å²) in [4.78, 5) is 0. The molecule has 1 rings (SSSR count). The summed E-state index contributed by atoms with van der Waals surface area (Å²) < 4.78 is 0.933. The van der Waals surface area contributed by atoms with Crippen LogP contribution >= 0.6 is 15.9 Å². The molecule has 0 aromatic heterocycles. The highest BCUT2D eigenvalue weighted by molar-refractivity contribution is 9.10. The van der Waals surface area contributed by atoms with Crippen LogP contribution in [-0.2, 0) is 0 Å². The van der Waals surface area contributed by atoms with Crippen molar-refractivity contribution in [2.45, 2.75) is 0 Å². The van der Waals surface area contributed by atoms with Crippen LogP contribution < -0.4 is 5.32 Å². The summed E-state index contributed by atoms with van der Waals surface area (Å²) in [5, 5.41) is 6.30. The molecule has 0 heterocycles. The van der Waals surface area contributed by atoms with Crippen LogP contribution in [0.25, 0.3) is 0 Å². The molecule has 0 aliphatic rings. The second-order valence-corrected chi connectivity index (χ2v) is 2.94. The second kappa shape index (κ2) is 3.48. The van der Waals surface area contributed by atoms with Crippen molar-refractivity contribution in [3.63, 3.8) is 0 Å². The normalized spacial score (nSPS) is 9.27. The predicted octanol–water partition coefficient (Wildman–Crippen LogP) is 3.15. The number of anilines is 1. The highest BCUT2D eigenvalue weighted by atomic mass is 79.9. The van der Waals surface area contributed by atoms with E-state index in [1.165, 1.54) is 0 Å². The maximum absolute atomic E-state index is 6.85. The molecule has 2 N–H and O–H groups in total. The Hall–Kier alpha value is -0.900. The van der Waals surface area contributed by atoms with Crippen molar-refractivity contribution in [1.82, 2.24) is 0 Å². The van der Waals surface area contributed by atoms with Crippen LogP contribution in [-0.4, -0.2) is 7.05 Å². The number of nitrogens with one attached hydrogen (secondary N) is 2. The average Bonchev–Trinajstić information content (AvgIpc) is 2.04. The van der Waals surface area contributed by atoms with E-state index < -0.39 is 0 Å². The van der Waals surface area contributed by atoms with Gasteiger partial charge in [-0.15, -0.1) is 0 Å². The fourth-order valence-corrected chi connectivity index (χ4v) is 1.16. The van der Waals surface area contributed by atoms with Crippen molar-refractivity contribution in [3.8, 4) is 0 Å². The molecule has 0 bridgehead atoms. The van der Waals surface area contributed by atoms with Gasteiger partial charge in [0.25, 0.3) is 0 Å². The minimum Gasteiger partial charge on any atom is -0.386 e. The summed E-state index contributed by atoms with van der Waals surface area (Å²) in [6, 6.07) is 5.57. The van der Waals surface area contributed by atoms with Crippen molar-refractivity contribution in [2.24, 2.45) is 5.11 Å². The Kier molecular flexibility index (Phi) is 2.59. The van der Waals surface area contributed by atoms with Crippen molar-refractivity contribution in [1.29, 1.82) is 5.53 Å². The van der Waals surface area contributed by atoms with Gasteiger partial charge in [0.05, 0.1) is 5.69 Å². The fourth-order valence-electron chi connectivity index (χ4n) is 0.809. The van der Waals surface area contributed by atoms with Crippen LogP contribution in [0.5, 0.6) is 0 Å². The lowest BCUT2D eigenvalue weighted by Gasteiger charge is -2.02. The van der Waals surface area contributed by atoms with E-state index in [0.717, 1.165) is 10.2 Å². The minimum absolute atomic E-state index is 0.641. The van der Waals surface area contributed by atoms with Crippen molar-refractivity contribution in [3.05, 3.63) is 22.7 Å². The number of benzene rings is 1. The largest absolute Gasteiger partial charge is 0.386 e. The van der Waals surface area contributed by atoms with E-state index in [2.05, 4.69) is 26.4 Å². The SMILES string of the molecule is CNc1ccc(Br)cc1N=N. The van der Waals surface area contributed by atoms with Crippen molar-refractivity contribution in [2.75, 3.05) is 12.4 Å². The van der Waals surface area contributed by atoms with E-state index in [1.54, 1.807) is 13.1 Å². The fraction of sp³-hybridized carbons (Fsp3) is 0.143.